The van der Waals surface area contributed by atoms with E-state index in [0.717, 1.165) is 6.26 Å². The Morgan fingerprint density at radius 3 is 2.74 bits per heavy atom. The first-order chi connectivity index (χ1) is 10.7. The topological polar surface area (TPSA) is 112 Å². The molecule has 3 heterocycles. The number of nitrogens with zero attached hydrogens (tertiary/aromatic N) is 4. The molecule has 3 rings (SSSR count). The molecule has 0 amide bonds. The number of nitrogen functional groups attached to an aromatic ring is 1. The summed E-state index contributed by atoms with van der Waals surface area (Å²) in [7, 11) is -3.66. The molecule has 2 aromatic heterocycles. The van der Waals surface area contributed by atoms with Crippen molar-refractivity contribution in [2.45, 2.75) is 43.8 Å². The van der Waals surface area contributed by atoms with Crippen molar-refractivity contribution in [3.63, 3.8) is 0 Å². The number of hydrogen-bond donors (Lipinski definition) is 1. The van der Waals surface area contributed by atoms with Crippen LogP contribution in [-0.4, -0.2) is 46.5 Å². The summed E-state index contributed by atoms with van der Waals surface area (Å²) in [5.74, 6) is -0.357. The highest BCUT2D eigenvalue weighted by Gasteiger charge is 2.43. The molecule has 2 aromatic rings. The molecule has 8 nitrogen and oxygen atoms in total. The van der Waals surface area contributed by atoms with E-state index in [1.54, 1.807) is 6.92 Å². The molecule has 0 radical (unpaired) electrons. The second kappa shape index (κ2) is 5.38. The number of aromatic nitrogens is 4. The number of nitrogens with two attached hydrogens (primary N) is 1. The van der Waals surface area contributed by atoms with E-state index in [-0.39, 0.29) is 23.5 Å². The van der Waals surface area contributed by atoms with E-state index >= 15 is 0 Å². The van der Waals surface area contributed by atoms with Crippen LogP contribution in [0, 0.1) is 5.92 Å². The van der Waals surface area contributed by atoms with Gasteiger partial charge in [0, 0.05) is 12.2 Å². The van der Waals surface area contributed by atoms with Crippen molar-refractivity contribution >= 4 is 21.3 Å². The van der Waals surface area contributed by atoms with E-state index in [1.165, 1.54) is 10.7 Å². The number of alkyl halides is 1. The van der Waals surface area contributed by atoms with Gasteiger partial charge in [0.05, 0.1) is 18.0 Å². The van der Waals surface area contributed by atoms with Gasteiger partial charge in [-0.2, -0.15) is 4.98 Å². The fraction of sp³-hybridized carbons (Fsp3) is 0.615. The first-order valence-electron chi connectivity index (χ1n) is 7.24. The molecule has 0 saturated carbocycles. The Kier molecular flexibility index (Phi) is 3.75. The lowest BCUT2D eigenvalue weighted by Gasteiger charge is -2.13. The third kappa shape index (κ3) is 2.55. The minimum atomic E-state index is -3.66. The summed E-state index contributed by atoms with van der Waals surface area (Å²) in [4.78, 5) is 7.81. The normalized spacial score (nSPS) is 28.5. The minimum Gasteiger partial charge on any atom is -0.380 e. The third-order valence-electron chi connectivity index (χ3n) is 4.12. The lowest BCUT2D eigenvalue weighted by molar-refractivity contribution is 0.0195. The van der Waals surface area contributed by atoms with Crippen molar-refractivity contribution in [1.82, 2.24) is 19.6 Å². The molecule has 0 bridgehead atoms. The Balaban J connectivity index is 2.14. The summed E-state index contributed by atoms with van der Waals surface area (Å²) < 4.78 is 44.9. The van der Waals surface area contributed by atoms with Gasteiger partial charge in [-0.05, 0) is 6.42 Å². The summed E-state index contributed by atoms with van der Waals surface area (Å²) in [6, 6.07) is 0. The highest BCUT2D eigenvalue weighted by Crippen LogP contribution is 2.40. The molecule has 0 spiro atoms. The Bertz CT molecular complexity index is 853. The van der Waals surface area contributed by atoms with Crippen molar-refractivity contribution in [2.24, 2.45) is 5.92 Å². The third-order valence-corrected chi connectivity index (χ3v) is 4.96. The van der Waals surface area contributed by atoms with Crippen LogP contribution in [0.5, 0.6) is 0 Å². The fourth-order valence-electron chi connectivity index (χ4n) is 2.82. The van der Waals surface area contributed by atoms with Crippen LogP contribution in [0.2, 0.25) is 0 Å². The summed E-state index contributed by atoms with van der Waals surface area (Å²) in [5.41, 5.74) is 6.25. The molecule has 1 saturated heterocycles. The molecule has 126 valence electrons. The molecule has 0 unspecified atom stereocenters. The lowest BCUT2D eigenvalue weighted by atomic mass is 9.97. The standard InChI is InChI=1S/C13H18FN5O3S/c1-4-8-6(2)9(14)10(22-8)7-5-16-12-11(15)17-13(18-19(7)12)23(3,20)21/h5-6,8-10H,4H2,1-3H3,(H2,15,17,18)/t6-,8-,9-,10+/m1/s1. The van der Waals surface area contributed by atoms with Crippen molar-refractivity contribution < 1.29 is 17.5 Å². The highest BCUT2D eigenvalue weighted by atomic mass is 32.2. The number of halogens is 1. The molecule has 1 aliphatic rings. The number of sulfone groups is 1. The van der Waals surface area contributed by atoms with Gasteiger partial charge >= 0.3 is 0 Å². The van der Waals surface area contributed by atoms with E-state index in [4.69, 9.17) is 10.5 Å². The maximum atomic E-state index is 14.6. The summed E-state index contributed by atoms with van der Waals surface area (Å²) in [6.45, 7) is 3.71. The number of fused-ring (bicyclic) bond motifs is 1. The summed E-state index contributed by atoms with van der Waals surface area (Å²) in [5, 5.41) is 3.52. The second-order valence-electron chi connectivity index (χ2n) is 5.78. The van der Waals surface area contributed by atoms with Crippen molar-refractivity contribution in [3.8, 4) is 0 Å². The van der Waals surface area contributed by atoms with Crippen molar-refractivity contribution in [1.29, 1.82) is 0 Å². The number of anilines is 1. The maximum absolute atomic E-state index is 14.6. The van der Waals surface area contributed by atoms with Gasteiger partial charge in [0.25, 0.3) is 5.16 Å². The van der Waals surface area contributed by atoms with Crippen LogP contribution in [0.15, 0.2) is 11.4 Å². The first-order valence-corrected chi connectivity index (χ1v) is 9.14. The van der Waals surface area contributed by atoms with Crippen LogP contribution >= 0.6 is 0 Å². The van der Waals surface area contributed by atoms with Crippen LogP contribution in [0.4, 0.5) is 10.2 Å². The van der Waals surface area contributed by atoms with Gasteiger partial charge in [0.2, 0.25) is 9.84 Å². The Morgan fingerprint density at radius 2 is 2.17 bits per heavy atom. The van der Waals surface area contributed by atoms with Crippen LogP contribution in [0.1, 0.15) is 32.1 Å². The zero-order chi connectivity index (χ0) is 16.9. The van der Waals surface area contributed by atoms with Gasteiger partial charge in [0.15, 0.2) is 11.5 Å². The number of hydrogen-bond acceptors (Lipinski definition) is 7. The van der Waals surface area contributed by atoms with Crippen LogP contribution in [0.3, 0.4) is 0 Å². The molecule has 10 heteroatoms. The zero-order valence-electron chi connectivity index (χ0n) is 13.0. The Labute approximate surface area is 132 Å². The van der Waals surface area contributed by atoms with E-state index in [0.29, 0.717) is 12.1 Å². The van der Waals surface area contributed by atoms with Gasteiger partial charge in [-0.25, -0.2) is 22.3 Å². The van der Waals surface area contributed by atoms with Crippen molar-refractivity contribution in [3.05, 3.63) is 11.9 Å². The van der Waals surface area contributed by atoms with E-state index in [1.807, 2.05) is 6.92 Å². The number of ether oxygens (including phenoxy) is 1. The highest BCUT2D eigenvalue weighted by molar-refractivity contribution is 7.90. The average Bonchev–Trinajstić information content (AvgIpc) is 3.01. The van der Waals surface area contributed by atoms with E-state index in [2.05, 4.69) is 15.1 Å². The molecule has 0 aromatic carbocycles. The molecular weight excluding hydrogens is 325 g/mol. The van der Waals surface area contributed by atoms with Crippen LogP contribution < -0.4 is 5.73 Å². The van der Waals surface area contributed by atoms with Crippen molar-refractivity contribution in [2.75, 3.05) is 12.0 Å². The molecule has 4 atom stereocenters. The van der Waals surface area contributed by atoms with E-state index < -0.39 is 27.3 Å². The first kappa shape index (κ1) is 16.1. The summed E-state index contributed by atoms with van der Waals surface area (Å²) >= 11 is 0. The second-order valence-corrected chi connectivity index (χ2v) is 7.69. The lowest BCUT2D eigenvalue weighted by Crippen LogP contribution is -2.18. The van der Waals surface area contributed by atoms with Gasteiger partial charge in [-0.3, -0.25) is 0 Å². The Morgan fingerprint density at radius 1 is 1.48 bits per heavy atom. The summed E-state index contributed by atoms with van der Waals surface area (Å²) in [6.07, 6.45) is 0.733. The SMILES string of the molecule is CC[C@H]1O[C@@H](c2cnc3c(N)nc(S(C)(=O)=O)nn23)[C@H](F)[C@@H]1C. The number of imidazole rings is 1. The average molecular weight is 343 g/mol. The molecule has 1 fully saturated rings. The molecule has 23 heavy (non-hydrogen) atoms. The predicted molar refractivity (Wildman–Crippen MR) is 80.3 cm³/mol. The quantitative estimate of drug-likeness (QED) is 0.882. The smallest absolute Gasteiger partial charge is 0.267 e. The molecule has 1 aliphatic heterocycles. The zero-order valence-corrected chi connectivity index (χ0v) is 13.8. The monoisotopic (exact) mass is 343 g/mol. The molecule has 0 aliphatic carbocycles. The van der Waals surface area contributed by atoms with Crippen LogP contribution in [-0.2, 0) is 14.6 Å². The Hall–Kier alpha value is -1.81. The van der Waals surface area contributed by atoms with Gasteiger partial charge in [-0.15, -0.1) is 5.10 Å². The number of rotatable bonds is 3. The minimum absolute atomic E-state index is 0.0832. The van der Waals surface area contributed by atoms with E-state index in [9.17, 15) is 12.8 Å². The van der Waals surface area contributed by atoms with Gasteiger partial charge < -0.3 is 10.5 Å². The van der Waals surface area contributed by atoms with Crippen LogP contribution in [0.25, 0.3) is 5.65 Å². The molecular formula is C13H18FN5O3S. The van der Waals surface area contributed by atoms with Gasteiger partial charge in [-0.1, -0.05) is 13.8 Å². The fourth-order valence-corrected chi connectivity index (χ4v) is 3.31. The largest absolute Gasteiger partial charge is 0.380 e. The predicted octanol–water partition coefficient (Wildman–Crippen LogP) is 0.934. The maximum Gasteiger partial charge on any atom is 0.267 e. The molecule has 2 N–H and O–H groups in total. The van der Waals surface area contributed by atoms with Gasteiger partial charge in [0.1, 0.15) is 12.3 Å².